The highest BCUT2D eigenvalue weighted by atomic mass is 16.1. The number of para-hydroxylation sites is 1. The Kier molecular flexibility index (Phi) is 7.56. The first kappa shape index (κ1) is 24.4. The molecule has 1 saturated carbocycles. The van der Waals surface area contributed by atoms with Gasteiger partial charge in [-0.15, -0.1) is 5.10 Å². The molecule has 1 fully saturated rings. The van der Waals surface area contributed by atoms with E-state index in [1.165, 1.54) is 24.8 Å². The van der Waals surface area contributed by atoms with Gasteiger partial charge in [-0.3, -0.25) is 9.69 Å². The standard InChI is InChI=1S/C29H36N6O/c1-3-26(28-31-32-33-35(28)18-17-22-12-6-4-7-13-22)34(25-15-8-5-9-16-25)20-24-19-23-14-10-11-21(2)27(23)30-29(24)36/h4,6-7,10-14,19,25-26H,3,5,8-9,15-18,20H2,1-2H3,(H,30,36)/t26-/m0/s1. The van der Waals surface area contributed by atoms with E-state index in [0.717, 1.165) is 60.1 Å². The van der Waals surface area contributed by atoms with Crippen LogP contribution in [0.4, 0.5) is 0 Å². The van der Waals surface area contributed by atoms with Crippen LogP contribution in [0.5, 0.6) is 0 Å². The van der Waals surface area contributed by atoms with Gasteiger partial charge < -0.3 is 4.98 Å². The van der Waals surface area contributed by atoms with Crippen molar-refractivity contribution in [2.24, 2.45) is 0 Å². The number of nitrogens with zero attached hydrogens (tertiary/aromatic N) is 5. The fourth-order valence-electron chi connectivity index (χ4n) is 5.70. The molecular formula is C29H36N6O. The van der Waals surface area contributed by atoms with Crippen molar-refractivity contribution < 1.29 is 0 Å². The second-order valence-corrected chi connectivity index (χ2v) is 10.0. The molecule has 1 atom stereocenters. The lowest BCUT2D eigenvalue weighted by Crippen LogP contribution is -2.41. The minimum absolute atomic E-state index is 0.00358. The van der Waals surface area contributed by atoms with E-state index in [2.05, 4.69) is 68.7 Å². The van der Waals surface area contributed by atoms with Crippen molar-refractivity contribution in [3.63, 3.8) is 0 Å². The minimum atomic E-state index is -0.00358. The van der Waals surface area contributed by atoms with Crippen LogP contribution in [-0.4, -0.2) is 36.1 Å². The predicted molar refractivity (Wildman–Crippen MR) is 143 cm³/mol. The number of aromatic nitrogens is 5. The summed E-state index contributed by atoms with van der Waals surface area (Å²) >= 11 is 0. The first-order chi connectivity index (χ1) is 17.6. The monoisotopic (exact) mass is 484 g/mol. The zero-order valence-electron chi connectivity index (χ0n) is 21.4. The molecule has 0 aliphatic heterocycles. The Hall–Kier alpha value is -3.32. The SMILES string of the molecule is CC[C@@H](c1nnnn1CCc1ccccc1)N(Cc1cc2cccc(C)c2[nH]c1=O)C1CCCCC1. The Morgan fingerprint density at radius 2 is 1.89 bits per heavy atom. The number of benzene rings is 2. The minimum Gasteiger partial charge on any atom is -0.321 e. The smallest absolute Gasteiger partial charge is 0.252 e. The molecule has 0 saturated heterocycles. The zero-order chi connectivity index (χ0) is 24.9. The van der Waals surface area contributed by atoms with Crippen molar-refractivity contribution in [2.75, 3.05) is 0 Å². The van der Waals surface area contributed by atoms with Crippen LogP contribution < -0.4 is 5.56 Å². The summed E-state index contributed by atoms with van der Waals surface area (Å²) < 4.78 is 1.96. The van der Waals surface area contributed by atoms with Crippen LogP contribution in [-0.2, 0) is 19.5 Å². The normalized spacial score (nSPS) is 15.5. The van der Waals surface area contributed by atoms with Gasteiger partial charge in [0.25, 0.3) is 5.56 Å². The van der Waals surface area contributed by atoms with Gasteiger partial charge >= 0.3 is 0 Å². The molecule has 5 rings (SSSR count). The van der Waals surface area contributed by atoms with E-state index < -0.39 is 0 Å². The average Bonchev–Trinajstić information content (AvgIpc) is 3.37. The van der Waals surface area contributed by atoms with Crippen molar-refractivity contribution >= 4 is 10.9 Å². The summed E-state index contributed by atoms with van der Waals surface area (Å²) in [4.78, 5) is 18.9. The molecule has 2 aromatic carbocycles. The van der Waals surface area contributed by atoms with Crippen molar-refractivity contribution in [2.45, 2.75) is 84.0 Å². The molecule has 0 spiro atoms. The third-order valence-corrected chi connectivity index (χ3v) is 7.66. The van der Waals surface area contributed by atoms with Gasteiger partial charge in [0.2, 0.25) is 0 Å². The molecule has 0 unspecified atom stereocenters. The first-order valence-corrected chi connectivity index (χ1v) is 13.3. The van der Waals surface area contributed by atoms with Crippen molar-refractivity contribution in [1.82, 2.24) is 30.1 Å². The van der Waals surface area contributed by atoms with Gasteiger partial charge in [-0.1, -0.05) is 74.7 Å². The molecule has 0 bridgehead atoms. The number of hydrogen-bond acceptors (Lipinski definition) is 5. The highest BCUT2D eigenvalue weighted by Gasteiger charge is 2.32. The number of tetrazole rings is 1. The van der Waals surface area contributed by atoms with Crippen molar-refractivity contribution in [3.8, 4) is 0 Å². The second-order valence-electron chi connectivity index (χ2n) is 10.0. The fraction of sp³-hybridized carbons (Fsp3) is 0.448. The van der Waals surface area contributed by atoms with Crippen LogP contribution in [0.15, 0.2) is 59.4 Å². The Bertz CT molecular complexity index is 1340. The Balaban J connectivity index is 1.46. The Morgan fingerprint density at radius 3 is 2.67 bits per heavy atom. The number of H-pyrrole nitrogens is 1. The third kappa shape index (κ3) is 5.26. The molecule has 0 amide bonds. The molecule has 2 heterocycles. The van der Waals surface area contributed by atoms with Crippen molar-refractivity contribution in [3.05, 3.63) is 87.5 Å². The third-order valence-electron chi connectivity index (χ3n) is 7.66. The van der Waals surface area contributed by atoms with E-state index >= 15 is 0 Å². The number of fused-ring (bicyclic) bond motifs is 1. The number of hydrogen-bond donors (Lipinski definition) is 1. The molecule has 1 N–H and O–H groups in total. The summed E-state index contributed by atoms with van der Waals surface area (Å²) in [5, 5.41) is 14.0. The van der Waals surface area contributed by atoms with Crippen LogP contribution in [0.1, 0.15) is 74.0 Å². The van der Waals surface area contributed by atoms with Gasteiger partial charge in [0, 0.05) is 24.7 Å². The van der Waals surface area contributed by atoms with Gasteiger partial charge in [0.05, 0.1) is 11.6 Å². The largest absolute Gasteiger partial charge is 0.321 e. The number of pyridine rings is 1. The molecule has 1 aliphatic carbocycles. The average molecular weight is 485 g/mol. The molecule has 0 radical (unpaired) electrons. The van der Waals surface area contributed by atoms with Gasteiger partial charge in [-0.25, -0.2) is 4.68 Å². The molecule has 7 heteroatoms. The van der Waals surface area contributed by atoms with Crippen molar-refractivity contribution in [1.29, 1.82) is 0 Å². The number of aryl methyl sites for hydroxylation is 3. The molecule has 4 aromatic rings. The lowest BCUT2D eigenvalue weighted by Gasteiger charge is -2.39. The quantitative estimate of drug-likeness (QED) is 0.346. The molecule has 2 aromatic heterocycles. The number of nitrogens with one attached hydrogen (secondary N) is 1. The number of rotatable bonds is 9. The molecule has 36 heavy (non-hydrogen) atoms. The lowest BCUT2D eigenvalue weighted by molar-refractivity contribution is 0.0841. The maximum absolute atomic E-state index is 13.2. The summed E-state index contributed by atoms with van der Waals surface area (Å²) in [7, 11) is 0. The summed E-state index contributed by atoms with van der Waals surface area (Å²) in [6.45, 7) is 5.56. The lowest BCUT2D eigenvalue weighted by atomic mass is 9.92. The molecule has 1 aliphatic rings. The highest BCUT2D eigenvalue weighted by molar-refractivity contribution is 5.81. The molecular weight excluding hydrogens is 448 g/mol. The number of aromatic amines is 1. The van der Waals surface area contributed by atoms with Gasteiger partial charge in [0.1, 0.15) is 0 Å². The summed E-state index contributed by atoms with van der Waals surface area (Å²) in [6.07, 6.45) is 7.79. The topological polar surface area (TPSA) is 79.7 Å². The van der Waals surface area contributed by atoms with E-state index in [0.29, 0.717) is 12.6 Å². The Morgan fingerprint density at radius 1 is 1.08 bits per heavy atom. The fourth-order valence-corrected chi connectivity index (χ4v) is 5.70. The predicted octanol–water partition coefficient (Wildman–Crippen LogP) is 5.35. The maximum Gasteiger partial charge on any atom is 0.252 e. The molecule has 188 valence electrons. The Labute approximate surface area is 212 Å². The van der Waals surface area contributed by atoms with E-state index in [1.54, 1.807) is 0 Å². The maximum atomic E-state index is 13.2. The van der Waals surface area contributed by atoms with Crippen LogP contribution >= 0.6 is 0 Å². The van der Waals surface area contributed by atoms with E-state index in [4.69, 9.17) is 0 Å². The van der Waals surface area contributed by atoms with Gasteiger partial charge in [-0.05, 0) is 65.6 Å². The zero-order valence-corrected chi connectivity index (χ0v) is 21.4. The van der Waals surface area contributed by atoms with Gasteiger partial charge in [-0.2, -0.15) is 0 Å². The molecule has 7 nitrogen and oxygen atoms in total. The second kappa shape index (κ2) is 11.2. The van der Waals surface area contributed by atoms with Gasteiger partial charge in [0.15, 0.2) is 5.82 Å². The summed E-state index contributed by atoms with van der Waals surface area (Å²) in [5.41, 5.74) is 4.09. The van der Waals surface area contributed by atoms with Crippen LogP contribution in [0, 0.1) is 6.92 Å². The van der Waals surface area contributed by atoms with Crippen LogP contribution in [0.2, 0.25) is 0 Å². The van der Waals surface area contributed by atoms with Crippen LogP contribution in [0.3, 0.4) is 0 Å². The first-order valence-electron chi connectivity index (χ1n) is 13.3. The van der Waals surface area contributed by atoms with E-state index in [9.17, 15) is 4.79 Å². The summed E-state index contributed by atoms with van der Waals surface area (Å²) in [6, 6.07) is 19.2. The highest BCUT2D eigenvalue weighted by Crippen LogP contribution is 2.33. The van der Waals surface area contributed by atoms with Crippen LogP contribution in [0.25, 0.3) is 10.9 Å². The van der Waals surface area contributed by atoms with E-state index in [-0.39, 0.29) is 11.6 Å². The summed E-state index contributed by atoms with van der Waals surface area (Å²) in [5.74, 6) is 0.895. The van der Waals surface area contributed by atoms with E-state index in [1.807, 2.05) is 29.8 Å².